The first-order valence-corrected chi connectivity index (χ1v) is 5.88. The number of carbonyl (C=O) groups is 2. The van der Waals surface area contributed by atoms with Crippen LogP contribution in [-0.2, 0) is 9.59 Å². The van der Waals surface area contributed by atoms with Crippen molar-refractivity contribution in [2.45, 2.75) is 6.92 Å². The van der Waals surface area contributed by atoms with Crippen molar-refractivity contribution < 1.29 is 9.59 Å². The third kappa shape index (κ3) is 4.73. The van der Waals surface area contributed by atoms with E-state index in [9.17, 15) is 9.59 Å². The van der Waals surface area contributed by atoms with E-state index in [4.69, 9.17) is 11.6 Å². The van der Waals surface area contributed by atoms with Crippen molar-refractivity contribution in [2.75, 3.05) is 25.5 Å². The lowest BCUT2D eigenvalue weighted by atomic mass is 10.2. The Bertz CT molecular complexity index is 449. The number of anilines is 1. The van der Waals surface area contributed by atoms with Crippen LogP contribution >= 0.6 is 11.6 Å². The first-order chi connectivity index (χ1) is 8.52. The second kappa shape index (κ2) is 6.98. The molecule has 0 aliphatic rings. The summed E-state index contributed by atoms with van der Waals surface area (Å²) >= 11 is 5.98. The summed E-state index contributed by atoms with van der Waals surface area (Å²) in [7, 11) is 1.54. The molecule has 1 rings (SSSR count). The third-order valence-corrected chi connectivity index (χ3v) is 2.56. The average Bonchev–Trinajstić information content (AvgIpc) is 2.32. The summed E-state index contributed by atoms with van der Waals surface area (Å²) in [5, 5.41) is 8.33. The Morgan fingerprint density at radius 3 is 2.50 bits per heavy atom. The molecule has 0 saturated heterocycles. The van der Waals surface area contributed by atoms with Crippen LogP contribution in [0.3, 0.4) is 0 Å². The number of nitrogens with one attached hydrogen (secondary N) is 3. The van der Waals surface area contributed by atoms with Crippen LogP contribution in [0.25, 0.3) is 0 Å². The molecular formula is C12H16ClN3O2. The van der Waals surface area contributed by atoms with Crippen LogP contribution in [0.2, 0.25) is 5.02 Å². The molecule has 0 unspecified atom stereocenters. The Kier molecular flexibility index (Phi) is 5.61. The number of rotatable bonds is 5. The molecule has 0 fully saturated rings. The topological polar surface area (TPSA) is 70.2 Å². The predicted molar refractivity (Wildman–Crippen MR) is 71.8 cm³/mol. The zero-order valence-corrected chi connectivity index (χ0v) is 11.1. The van der Waals surface area contributed by atoms with Crippen molar-refractivity contribution in [1.82, 2.24) is 10.6 Å². The minimum absolute atomic E-state index is 0.0532. The molecule has 0 heterocycles. The van der Waals surface area contributed by atoms with E-state index in [1.165, 1.54) is 7.05 Å². The zero-order chi connectivity index (χ0) is 13.5. The summed E-state index contributed by atoms with van der Waals surface area (Å²) in [5.74, 6) is -0.416. The maximum atomic E-state index is 11.6. The fourth-order valence-electron chi connectivity index (χ4n) is 1.29. The van der Waals surface area contributed by atoms with Gasteiger partial charge in [0.25, 0.3) is 0 Å². The highest BCUT2D eigenvalue weighted by Crippen LogP contribution is 2.22. The second-order valence-electron chi connectivity index (χ2n) is 3.81. The number of likely N-dealkylation sites (N-methyl/N-ethyl adjacent to an activating group) is 1. The maximum absolute atomic E-state index is 11.6. The van der Waals surface area contributed by atoms with Crippen LogP contribution in [0.1, 0.15) is 5.56 Å². The summed E-state index contributed by atoms with van der Waals surface area (Å²) < 4.78 is 0. The molecule has 0 atom stereocenters. The van der Waals surface area contributed by atoms with Gasteiger partial charge in [0.15, 0.2) is 0 Å². The predicted octanol–water partition coefficient (Wildman–Crippen LogP) is 0.923. The van der Waals surface area contributed by atoms with Gasteiger partial charge in [0.05, 0.1) is 23.8 Å². The summed E-state index contributed by atoms with van der Waals surface area (Å²) in [6.45, 7) is 2.07. The highest BCUT2D eigenvalue weighted by Gasteiger charge is 2.06. The average molecular weight is 270 g/mol. The van der Waals surface area contributed by atoms with Crippen LogP contribution < -0.4 is 16.0 Å². The smallest absolute Gasteiger partial charge is 0.238 e. The number of amides is 2. The third-order valence-electron chi connectivity index (χ3n) is 2.25. The lowest BCUT2D eigenvalue weighted by Gasteiger charge is -2.08. The second-order valence-corrected chi connectivity index (χ2v) is 4.22. The number of hydrogen-bond acceptors (Lipinski definition) is 3. The fourth-order valence-corrected chi connectivity index (χ4v) is 1.58. The highest BCUT2D eigenvalue weighted by atomic mass is 35.5. The van der Waals surface area contributed by atoms with E-state index >= 15 is 0 Å². The van der Waals surface area contributed by atoms with Gasteiger partial charge in [-0.2, -0.15) is 0 Å². The van der Waals surface area contributed by atoms with E-state index in [0.29, 0.717) is 10.7 Å². The van der Waals surface area contributed by atoms with Crippen LogP contribution in [0.15, 0.2) is 18.2 Å². The van der Waals surface area contributed by atoms with Crippen molar-refractivity contribution in [3.05, 3.63) is 28.8 Å². The monoisotopic (exact) mass is 269 g/mol. The molecule has 1 aromatic rings. The first-order valence-electron chi connectivity index (χ1n) is 5.50. The Morgan fingerprint density at radius 1 is 1.22 bits per heavy atom. The minimum atomic E-state index is -0.246. The largest absolute Gasteiger partial charge is 0.358 e. The summed E-state index contributed by atoms with van der Waals surface area (Å²) in [5.41, 5.74) is 1.59. The van der Waals surface area contributed by atoms with Gasteiger partial charge in [-0.3, -0.25) is 14.9 Å². The molecule has 0 spiro atoms. The molecule has 98 valence electrons. The summed E-state index contributed by atoms with van der Waals surface area (Å²) in [4.78, 5) is 22.5. The van der Waals surface area contributed by atoms with Crippen LogP contribution in [0, 0.1) is 6.92 Å². The van der Waals surface area contributed by atoms with Crippen molar-refractivity contribution in [3.63, 3.8) is 0 Å². The van der Waals surface area contributed by atoms with Gasteiger partial charge in [-0.15, -0.1) is 0 Å². The first kappa shape index (κ1) is 14.5. The van der Waals surface area contributed by atoms with Crippen LogP contribution in [-0.4, -0.2) is 32.0 Å². The van der Waals surface area contributed by atoms with Gasteiger partial charge < -0.3 is 10.6 Å². The van der Waals surface area contributed by atoms with E-state index < -0.39 is 0 Å². The van der Waals surface area contributed by atoms with E-state index in [1.54, 1.807) is 12.1 Å². The molecule has 18 heavy (non-hydrogen) atoms. The minimum Gasteiger partial charge on any atom is -0.358 e. The highest BCUT2D eigenvalue weighted by molar-refractivity contribution is 6.33. The van der Waals surface area contributed by atoms with Crippen molar-refractivity contribution >= 4 is 29.1 Å². The molecule has 0 radical (unpaired) electrons. The molecule has 6 heteroatoms. The van der Waals surface area contributed by atoms with Gasteiger partial charge >= 0.3 is 0 Å². The van der Waals surface area contributed by atoms with Gasteiger partial charge in [-0.25, -0.2) is 0 Å². The van der Waals surface area contributed by atoms with E-state index in [0.717, 1.165) is 5.56 Å². The number of hydrogen-bond donors (Lipinski definition) is 3. The molecule has 1 aromatic carbocycles. The van der Waals surface area contributed by atoms with Crippen molar-refractivity contribution in [3.8, 4) is 0 Å². The summed E-state index contributed by atoms with van der Waals surface area (Å²) in [6, 6.07) is 5.38. The quantitative estimate of drug-likeness (QED) is 0.745. The molecule has 0 aliphatic carbocycles. The van der Waals surface area contributed by atoms with Crippen molar-refractivity contribution in [2.24, 2.45) is 0 Å². The summed E-state index contributed by atoms with van der Waals surface area (Å²) in [6.07, 6.45) is 0. The van der Waals surface area contributed by atoms with E-state index in [1.807, 2.05) is 13.0 Å². The van der Waals surface area contributed by atoms with Gasteiger partial charge in [-0.05, 0) is 24.6 Å². The Labute approximate surface area is 111 Å². The number of benzene rings is 1. The van der Waals surface area contributed by atoms with Gasteiger partial charge in [0.1, 0.15) is 0 Å². The zero-order valence-electron chi connectivity index (χ0n) is 10.3. The molecule has 0 bridgehead atoms. The molecule has 0 saturated carbocycles. The Balaban J connectivity index is 2.42. The molecule has 2 amide bonds. The van der Waals surface area contributed by atoms with Crippen molar-refractivity contribution in [1.29, 1.82) is 0 Å². The van der Waals surface area contributed by atoms with Gasteiger partial charge in [0, 0.05) is 7.05 Å². The number of carbonyl (C=O) groups excluding carboxylic acids is 2. The maximum Gasteiger partial charge on any atom is 0.238 e. The lowest BCUT2D eigenvalue weighted by Crippen LogP contribution is -2.36. The standard InChI is InChI=1S/C12H16ClN3O2/c1-8-3-4-10(9(13)5-8)16-12(18)7-15-6-11(17)14-2/h3-5,15H,6-7H2,1-2H3,(H,14,17)(H,16,18). The lowest BCUT2D eigenvalue weighted by molar-refractivity contribution is -0.119. The van der Waals surface area contributed by atoms with E-state index in [-0.39, 0.29) is 24.9 Å². The molecule has 0 aliphatic heterocycles. The van der Waals surface area contributed by atoms with Crippen LogP contribution in [0.4, 0.5) is 5.69 Å². The molecule has 0 aromatic heterocycles. The fraction of sp³-hybridized carbons (Fsp3) is 0.333. The van der Waals surface area contributed by atoms with E-state index in [2.05, 4.69) is 16.0 Å². The Morgan fingerprint density at radius 2 is 1.89 bits per heavy atom. The Hall–Kier alpha value is -1.59. The molecular weight excluding hydrogens is 254 g/mol. The molecule has 3 N–H and O–H groups in total. The SMILES string of the molecule is CNC(=O)CNCC(=O)Nc1ccc(C)cc1Cl. The number of halogens is 1. The van der Waals surface area contributed by atoms with Gasteiger partial charge in [0.2, 0.25) is 11.8 Å². The van der Waals surface area contributed by atoms with Gasteiger partial charge in [-0.1, -0.05) is 17.7 Å². The van der Waals surface area contributed by atoms with Crippen LogP contribution in [0.5, 0.6) is 0 Å². The molecule has 5 nitrogen and oxygen atoms in total. The number of aryl methyl sites for hydroxylation is 1. The normalized spacial score (nSPS) is 9.94.